The number of nitrogens with two attached hydrogens (primary N) is 1. The lowest BCUT2D eigenvalue weighted by Gasteiger charge is -2.50. The van der Waals surface area contributed by atoms with Crippen molar-refractivity contribution < 1.29 is 9.47 Å². The molecule has 0 spiro atoms. The molecule has 1 unspecified atom stereocenters. The summed E-state index contributed by atoms with van der Waals surface area (Å²) in [4.78, 5) is 2.48. The summed E-state index contributed by atoms with van der Waals surface area (Å²) in [7, 11) is 3.51. The Bertz CT molecular complexity index is 256. The average molecular weight is 290 g/mol. The van der Waals surface area contributed by atoms with E-state index in [4.69, 9.17) is 15.2 Å². The van der Waals surface area contributed by atoms with Gasteiger partial charge in [-0.15, -0.1) is 0 Å². The molecule has 0 radical (unpaired) electrons. The fourth-order valence-corrected chi connectivity index (χ4v) is 4.50. The molecule has 1 saturated heterocycles. The number of ether oxygens (including phenoxy) is 2. The number of thioether (sulfide) groups is 1. The Morgan fingerprint density at radius 1 is 1.11 bits per heavy atom. The van der Waals surface area contributed by atoms with Crippen molar-refractivity contribution in [2.45, 2.75) is 25.8 Å². The van der Waals surface area contributed by atoms with Gasteiger partial charge in [0.05, 0.1) is 13.2 Å². The van der Waals surface area contributed by atoms with Crippen molar-refractivity contribution >= 4 is 11.8 Å². The normalized spacial score (nSPS) is 26.8. The summed E-state index contributed by atoms with van der Waals surface area (Å²) in [5, 5.41) is 0. The SMILES string of the molecule is COCCN(CCOC)C1(CN)CSCC(C)(C)C1. The molecule has 1 aliphatic heterocycles. The van der Waals surface area contributed by atoms with Gasteiger partial charge in [-0.25, -0.2) is 0 Å². The predicted molar refractivity (Wildman–Crippen MR) is 82.8 cm³/mol. The van der Waals surface area contributed by atoms with Crippen LogP contribution in [0.25, 0.3) is 0 Å². The Kier molecular flexibility index (Phi) is 7.11. The van der Waals surface area contributed by atoms with Crippen LogP contribution in [0.1, 0.15) is 20.3 Å². The highest BCUT2D eigenvalue weighted by molar-refractivity contribution is 7.99. The fourth-order valence-electron chi connectivity index (χ4n) is 2.96. The molecule has 5 heteroatoms. The summed E-state index contributed by atoms with van der Waals surface area (Å²) < 4.78 is 10.5. The fraction of sp³-hybridized carbons (Fsp3) is 1.00. The van der Waals surface area contributed by atoms with Crippen LogP contribution in [0.4, 0.5) is 0 Å². The summed E-state index contributed by atoms with van der Waals surface area (Å²) in [6, 6.07) is 0. The topological polar surface area (TPSA) is 47.7 Å². The van der Waals surface area contributed by atoms with Crippen LogP contribution in [0.3, 0.4) is 0 Å². The van der Waals surface area contributed by atoms with E-state index in [-0.39, 0.29) is 5.54 Å². The number of hydrogen-bond acceptors (Lipinski definition) is 5. The molecule has 0 saturated carbocycles. The average Bonchev–Trinajstić information content (AvgIpc) is 2.37. The molecule has 0 aromatic carbocycles. The van der Waals surface area contributed by atoms with Gasteiger partial charge in [-0.2, -0.15) is 11.8 Å². The molecule has 1 aliphatic rings. The molecule has 19 heavy (non-hydrogen) atoms. The van der Waals surface area contributed by atoms with Crippen molar-refractivity contribution in [3.63, 3.8) is 0 Å². The van der Waals surface area contributed by atoms with Gasteiger partial charge < -0.3 is 15.2 Å². The molecule has 1 rings (SSSR count). The molecular weight excluding hydrogens is 260 g/mol. The number of rotatable bonds is 8. The first kappa shape index (κ1) is 17.2. The lowest BCUT2D eigenvalue weighted by atomic mass is 9.78. The van der Waals surface area contributed by atoms with E-state index >= 15 is 0 Å². The second kappa shape index (κ2) is 7.84. The summed E-state index contributed by atoms with van der Waals surface area (Å²) in [6.07, 6.45) is 1.15. The molecule has 4 nitrogen and oxygen atoms in total. The van der Waals surface area contributed by atoms with E-state index in [9.17, 15) is 0 Å². The van der Waals surface area contributed by atoms with Gasteiger partial charge >= 0.3 is 0 Å². The minimum Gasteiger partial charge on any atom is -0.383 e. The highest BCUT2D eigenvalue weighted by Crippen LogP contribution is 2.41. The summed E-state index contributed by atoms with van der Waals surface area (Å²) in [5.74, 6) is 2.33. The van der Waals surface area contributed by atoms with E-state index in [1.165, 1.54) is 5.75 Å². The largest absolute Gasteiger partial charge is 0.383 e. The van der Waals surface area contributed by atoms with Crippen LogP contribution < -0.4 is 5.73 Å². The molecule has 1 atom stereocenters. The van der Waals surface area contributed by atoms with Crippen molar-refractivity contribution in [2.75, 3.05) is 58.6 Å². The molecule has 0 amide bonds. The van der Waals surface area contributed by atoms with E-state index in [0.29, 0.717) is 12.0 Å². The Morgan fingerprint density at radius 2 is 1.68 bits per heavy atom. The third-order valence-electron chi connectivity index (χ3n) is 3.85. The van der Waals surface area contributed by atoms with Gasteiger partial charge in [-0.1, -0.05) is 13.8 Å². The van der Waals surface area contributed by atoms with Crippen LogP contribution in [0.2, 0.25) is 0 Å². The smallest absolute Gasteiger partial charge is 0.0589 e. The molecule has 0 aromatic rings. The Hall–Kier alpha value is 0.190. The van der Waals surface area contributed by atoms with Gasteiger partial charge in [0.2, 0.25) is 0 Å². The van der Waals surface area contributed by atoms with Gasteiger partial charge in [-0.3, -0.25) is 4.90 Å². The van der Waals surface area contributed by atoms with Gasteiger partial charge in [0.1, 0.15) is 0 Å². The molecule has 114 valence electrons. The first-order valence-corrected chi connectivity index (χ1v) is 8.16. The maximum Gasteiger partial charge on any atom is 0.0589 e. The van der Waals surface area contributed by atoms with Crippen molar-refractivity contribution in [1.29, 1.82) is 0 Å². The van der Waals surface area contributed by atoms with Gasteiger partial charge in [0.15, 0.2) is 0 Å². The Morgan fingerprint density at radius 3 is 2.11 bits per heavy atom. The molecular formula is C14H30N2O2S. The van der Waals surface area contributed by atoms with Gasteiger partial charge in [0, 0.05) is 45.1 Å². The van der Waals surface area contributed by atoms with Crippen LogP contribution in [0.5, 0.6) is 0 Å². The minimum absolute atomic E-state index is 0.0868. The number of nitrogens with zero attached hydrogens (tertiary/aromatic N) is 1. The van der Waals surface area contributed by atoms with E-state index in [0.717, 1.165) is 38.5 Å². The first-order valence-electron chi connectivity index (χ1n) is 7.00. The zero-order valence-electron chi connectivity index (χ0n) is 12.9. The maximum atomic E-state index is 6.17. The number of hydrogen-bond donors (Lipinski definition) is 1. The van der Waals surface area contributed by atoms with Gasteiger partial charge in [0.25, 0.3) is 0 Å². The number of methoxy groups -OCH3 is 2. The second-order valence-electron chi connectivity index (χ2n) is 6.23. The van der Waals surface area contributed by atoms with E-state index < -0.39 is 0 Å². The van der Waals surface area contributed by atoms with Crippen LogP contribution in [-0.4, -0.2) is 69.0 Å². The van der Waals surface area contributed by atoms with Crippen LogP contribution in [0, 0.1) is 5.41 Å². The first-order chi connectivity index (χ1) is 8.99. The second-order valence-corrected chi connectivity index (χ2v) is 7.22. The molecule has 1 fully saturated rings. The van der Waals surface area contributed by atoms with E-state index in [2.05, 4.69) is 18.7 Å². The van der Waals surface area contributed by atoms with Crippen LogP contribution >= 0.6 is 11.8 Å². The third kappa shape index (κ3) is 4.90. The van der Waals surface area contributed by atoms with E-state index in [1.54, 1.807) is 14.2 Å². The molecule has 2 N–H and O–H groups in total. The Balaban J connectivity index is 2.79. The molecule has 0 aliphatic carbocycles. The maximum absolute atomic E-state index is 6.17. The van der Waals surface area contributed by atoms with Crippen molar-refractivity contribution in [3.05, 3.63) is 0 Å². The summed E-state index contributed by atoms with van der Waals surface area (Å²) in [6.45, 7) is 8.73. The Labute approximate surface area is 122 Å². The van der Waals surface area contributed by atoms with Crippen molar-refractivity contribution in [1.82, 2.24) is 4.90 Å². The van der Waals surface area contributed by atoms with E-state index in [1.807, 2.05) is 11.8 Å². The standard InChI is InChI=1S/C14H30N2O2S/c1-13(2)9-14(10-15,12-19-11-13)16(5-7-17-3)6-8-18-4/h5-12,15H2,1-4H3. The zero-order chi connectivity index (χ0) is 14.4. The molecule has 0 aromatic heterocycles. The van der Waals surface area contributed by atoms with Crippen LogP contribution in [0.15, 0.2) is 0 Å². The quantitative estimate of drug-likeness (QED) is 0.733. The summed E-state index contributed by atoms with van der Waals surface area (Å²) in [5.41, 5.74) is 6.60. The minimum atomic E-state index is 0.0868. The zero-order valence-corrected chi connectivity index (χ0v) is 13.7. The van der Waals surface area contributed by atoms with Crippen LogP contribution in [-0.2, 0) is 9.47 Å². The molecule has 1 heterocycles. The van der Waals surface area contributed by atoms with Gasteiger partial charge in [-0.05, 0) is 17.6 Å². The highest BCUT2D eigenvalue weighted by Gasteiger charge is 2.43. The lowest BCUT2D eigenvalue weighted by Crippen LogP contribution is -2.61. The lowest BCUT2D eigenvalue weighted by molar-refractivity contribution is 0.0244. The van der Waals surface area contributed by atoms with Crippen molar-refractivity contribution in [2.24, 2.45) is 11.1 Å². The molecule has 0 bridgehead atoms. The highest BCUT2D eigenvalue weighted by atomic mass is 32.2. The predicted octanol–water partition coefficient (Wildman–Crippen LogP) is 1.44. The third-order valence-corrected chi connectivity index (χ3v) is 5.58. The van der Waals surface area contributed by atoms with Crippen molar-refractivity contribution in [3.8, 4) is 0 Å². The summed E-state index contributed by atoms with van der Waals surface area (Å²) >= 11 is 2.03. The monoisotopic (exact) mass is 290 g/mol.